The van der Waals surface area contributed by atoms with Crippen molar-refractivity contribution in [1.29, 1.82) is 0 Å². The van der Waals surface area contributed by atoms with Gasteiger partial charge in [0.2, 0.25) is 0 Å². The first-order chi connectivity index (χ1) is 11.6. The largest absolute Gasteiger partial charge is 0.440 e. The fraction of sp³-hybridized carbons (Fsp3) is 0.588. The summed E-state index contributed by atoms with van der Waals surface area (Å²) in [6.07, 6.45) is 4.80. The molecule has 6 nitrogen and oxygen atoms in total. The normalized spacial score (nSPS) is 24.4. The molecule has 1 atom stereocenters. The van der Waals surface area contributed by atoms with Gasteiger partial charge in [-0.2, -0.15) is 17.0 Å². The van der Waals surface area contributed by atoms with Crippen LogP contribution in [0.4, 0.5) is 0 Å². The van der Waals surface area contributed by atoms with Crippen LogP contribution in [0.1, 0.15) is 43.9 Å². The second kappa shape index (κ2) is 6.46. The zero-order valence-corrected chi connectivity index (χ0v) is 14.5. The van der Waals surface area contributed by atoms with Gasteiger partial charge in [0.15, 0.2) is 11.5 Å². The number of aromatic nitrogens is 1. The van der Waals surface area contributed by atoms with E-state index >= 15 is 0 Å². The number of rotatable bonds is 3. The van der Waals surface area contributed by atoms with E-state index in [1.54, 1.807) is 8.61 Å². The van der Waals surface area contributed by atoms with Crippen LogP contribution < -0.4 is 0 Å². The van der Waals surface area contributed by atoms with Gasteiger partial charge in [0, 0.05) is 32.1 Å². The highest BCUT2D eigenvalue weighted by Crippen LogP contribution is 2.31. The van der Waals surface area contributed by atoms with Crippen LogP contribution in [0.15, 0.2) is 28.7 Å². The Morgan fingerprint density at radius 2 is 1.75 bits per heavy atom. The molecule has 2 aliphatic rings. The topological polar surface area (TPSA) is 66.7 Å². The number of piperidine rings is 2. The average Bonchev–Trinajstić information content (AvgIpc) is 3.07. The van der Waals surface area contributed by atoms with E-state index in [9.17, 15) is 8.42 Å². The summed E-state index contributed by atoms with van der Waals surface area (Å²) in [5.74, 6) is 0.695. The molecule has 4 rings (SSSR count). The molecule has 2 fully saturated rings. The SMILES string of the molecule is O=S(=O)(N1CCCCC1)N1CCCC(c2nc3ccccc3o2)C1. The molecule has 1 aromatic carbocycles. The number of benzene rings is 1. The molecule has 0 radical (unpaired) electrons. The van der Waals surface area contributed by atoms with Gasteiger partial charge in [-0.15, -0.1) is 0 Å². The van der Waals surface area contributed by atoms with E-state index in [1.807, 2.05) is 24.3 Å². The third kappa shape index (κ3) is 2.96. The van der Waals surface area contributed by atoms with Crippen molar-refractivity contribution >= 4 is 21.3 Å². The predicted molar refractivity (Wildman–Crippen MR) is 91.9 cm³/mol. The van der Waals surface area contributed by atoms with Gasteiger partial charge >= 0.3 is 0 Å². The third-order valence-corrected chi connectivity index (χ3v) is 7.01. The van der Waals surface area contributed by atoms with E-state index in [2.05, 4.69) is 4.98 Å². The smallest absolute Gasteiger partial charge is 0.281 e. The van der Waals surface area contributed by atoms with E-state index in [0.29, 0.717) is 32.1 Å². The molecule has 1 unspecified atom stereocenters. The highest BCUT2D eigenvalue weighted by molar-refractivity contribution is 7.86. The molecule has 2 aliphatic heterocycles. The van der Waals surface area contributed by atoms with E-state index in [0.717, 1.165) is 43.2 Å². The van der Waals surface area contributed by atoms with E-state index in [-0.39, 0.29) is 5.92 Å². The van der Waals surface area contributed by atoms with Crippen molar-refractivity contribution in [2.75, 3.05) is 26.2 Å². The van der Waals surface area contributed by atoms with Crippen molar-refractivity contribution in [3.8, 4) is 0 Å². The van der Waals surface area contributed by atoms with Crippen LogP contribution in [0, 0.1) is 0 Å². The summed E-state index contributed by atoms with van der Waals surface area (Å²) in [4.78, 5) is 4.56. The lowest BCUT2D eigenvalue weighted by Gasteiger charge is -2.35. The molecule has 7 heteroatoms. The van der Waals surface area contributed by atoms with Crippen LogP contribution in [-0.4, -0.2) is 48.2 Å². The number of hydrogen-bond donors (Lipinski definition) is 0. The second-order valence-corrected chi connectivity index (χ2v) is 8.61. The lowest BCUT2D eigenvalue weighted by atomic mass is 10.00. The Bertz CT molecular complexity index is 778. The standard InChI is InChI=1S/C17H23N3O3S/c21-24(22,19-10-4-1-5-11-19)20-12-6-7-14(13-20)17-18-15-8-2-3-9-16(15)23-17/h2-3,8-9,14H,1,4-7,10-13H2. The van der Waals surface area contributed by atoms with Gasteiger partial charge in [-0.1, -0.05) is 18.6 Å². The molecule has 0 amide bonds. The van der Waals surface area contributed by atoms with Crippen LogP contribution >= 0.6 is 0 Å². The average molecular weight is 349 g/mol. The lowest BCUT2D eigenvalue weighted by molar-refractivity contribution is 0.254. The Balaban J connectivity index is 1.54. The summed E-state index contributed by atoms with van der Waals surface area (Å²) in [7, 11) is -3.36. The van der Waals surface area contributed by atoms with Crippen molar-refractivity contribution < 1.29 is 12.8 Å². The zero-order valence-electron chi connectivity index (χ0n) is 13.7. The van der Waals surface area contributed by atoms with E-state index in [1.165, 1.54) is 0 Å². The molecular weight excluding hydrogens is 326 g/mol. The maximum absolute atomic E-state index is 12.9. The summed E-state index contributed by atoms with van der Waals surface area (Å²) in [5.41, 5.74) is 1.60. The number of para-hydroxylation sites is 2. The van der Waals surface area contributed by atoms with E-state index in [4.69, 9.17) is 4.42 Å². The summed E-state index contributed by atoms with van der Waals surface area (Å²) in [6, 6.07) is 7.68. The molecule has 0 aliphatic carbocycles. The summed E-state index contributed by atoms with van der Waals surface area (Å²) >= 11 is 0. The molecule has 3 heterocycles. The van der Waals surface area contributed by atoms with Crippen LogP contribution in [0.25, 0.3) is 11.1 Å². The minimum Gasteiger partial charge on any atom is -0.440 e. The Labute approximate surface area is 142 Å². The van der Waals surface area contributed by atoms with Crippen molar-refractivity contribution in [3.63, 3.8) is 0 Å². The highest BCUT2D eigenvalue weighted by atomic mass is 32.2. The summed E-state index contributed by atoms with van der Waals surface area (Å²) in [6.45, 7) is 2.35. The minimum absolute atomic E-state index is 0.0331. The van der Waals surface area contributed by atoms with Gasteiger partial charge in [0.1, 0.15) is 5.52 Å². The monoisotopic (exact) mass is 349 g/mol. The summed E-state index contributed by atoms with van der Waals surface area (Å²) in [5, 5.41) is 0. The molecule has 0 N–H and O–H groups in total. The van der Waals surface area contributed by atoms with Gasteiger partial charge < -0.3 is 4.42 Å². The molecule has 2 aromatic rings. The van der Waals surface area contributed by atoms with Crippen molar-refractivity contribution in [3.05, 3.63) is 30.2 Å². The molecule has 24 heavy (non-hydrogen) atoms. The first-order valence-electron chi connectivity index (χ1n) is 8.75. The number of nitrogens with zero attached hydrogens (tertiary/aromatic N) is 3. The molecule has 0 saturated carbocycles. The molecule has 0 spiro atoms. The van der Waals surface area contributed by atoms with Crippen molar-refractivity contribution in [1.82, 2.24) is 13.6 Å². The molecule has 1 aromatic heterocycles. The number of hydrogen-bond acceptors (Lipinski definition) is 4. The Morgan fingerprint density at radius 1 is 1.00 bits per heavy atom. The predicted octanol–water partition coefficient (Wildman–Crippen LogP) is 2.74. The Hall–Kier alpha value is -1.44. The molecule has 2 saturated heterocycles. The quantitative estimate of drug-likeness (QED) is 0.854. The van der Waals surface area contributed by atoms with Crippen LogP contribution in [0.3, 0.4) is 0 Å². The minimum atomic E-state index is -3.36. The van der Waals surface area contributed by atoms with Gasteiger partial charge in [-0.25, -0.2) is 4.98 Å². The second-order valence-electron chi connectivity index (χ2n) is 6.68. The van der Waals surface area contributed by atoms with Gasteiger partial charge in [0.25, 0.3) is 10.2 Å². The lowest BCUT2D eigenvalue weighted by Crippen LogP contribution is -2.49. The highest BCUT2D eigenvalue weighted by Gasteiger charge is 2.36. The number of oxazole rings is 1. The first-order valence-corrected chi connectivity index (χ1v) is 10.1. The van der Waals surface area contributed by atoms with Gasteiger partial charge in [0.05, 0.1) is 0 Å². The first kappa shape index (κ1) is 16.1. The summed E-state index contributed by atoms with van der Waals surface area (Å²) < 4.78 is 34.9. The maximum Gasteiger partial charge on any atom is 0.281 e. The molecule has 0 bridgehead atoms. The van der Waals surface area contributed by atoms with Crippen molar-refractivity contribution in [2.24, 2.45) is 0 Å². The van der Waals surface area contributed by atoms with E-state index < -0.39 is 10.2 Å². The number of fused-ring (bicyclic) bond motifs is 1. The van der Waals surface area contributed by atoms with Crippen LogP contribution in [0.2, 0.25) is 0 Å². The maximum atomic E-state index is 12.9. The Morgan fingerprint density at radius 3 is 2.54 bits per heavy atom. The zero-order chi connectivity index (χ0) is 16.6. The van der Waals surface area contributed by atoms with Gasteiger partial charge in [-0.3, -0.25) is 0 Å². The third-order valence-electron chi connectivity index (χ3n) is 5.01. The molecule has 130 valence electrons. The van der Waals surface area contributed by atoms with Crippen LogP contribution in [0.5, 0.6) is 0 Å². The fourth-order valence-corrected chi connectivity index (χ4v) is 5.45. The Kier molecular flexibility index (Phi) is 4.32. The molecular formula is C17H23N3O3S. The van der Waals surface area contributed by atoms with Gasteiger partial charge in [-0.05, 0) is 37.8 Å². The van der Waals surface area contributed by atoms with Crippen LogP contribution in [-0.2, 0) is 10.2 Å². The van der Waals surface area contributed by atoms with Crippen molar-refractivity contribution in [2.45, 2.75) is 38.0 Å². The fourth-order valence-electron chi connectivity index (χ4n) is 3.68.